The molecule has 0 saturated carbocycles. The number of carbonyl (C=O) groups excluding carboxylic acids is 2. The molecule has 5 nitrogen and oxygen atoms in total. The highest BCUT2D eigenvalue weighted by molar-refractivity contribution is 6.07. The highest BCUT2D eigenvalue weighted by Gasteiger charge is 2.54. The van der Waals surface area contributed by atoms with Gasteiger partial charge < -0.3 is 10.1 Å². The molecule has 2 heterocycles. The van der Waals surface area contributed by atoms with Gasteiger partial charge >= 0.3 is 12.2 Å². The Hall–Kier alpha value is -3.03. The fraction of sp³-hybridized carbons (Fsp3) is 0.263. The molecular formula is C19H15F3N2O3. The lowest BCUT2D eigenvalue weighted by molar-refractivity contribution is -0.137. The van der Waals surface area contributed by atoms with E-state index in [0.29, 0.717) is 16.9 Å². The van der Waals surface area contributed by atoms with E-state index in [1.807, 2.05) is 0 Å². The zero-order chi connectivity index (χ0) is 19.2. The highest BCUT2D eigenvalue weighted by Crippen LogP contribution is 2.41. The number of carbonyl (C=O) groups is 2. The Balaban J connectivity index is 1.61. The molecule has 0 bridgehead atoms. The van der Waals surface area contributed by atoms with Crippen molar-refractivity contribution in [1.82, 2.24) is 10.2 Å². The highest BCUT2D eigenvalue weighted by atomic mass is 19.4. The van der Waals surface area contributed by atoms with Crippen molar-refractivity contribution in [3.8, 4) is 5.75 Å². The summed E-state index contributed by atoms with van der Waals surface area (Å²) in [6.45, 7) is 0.171. The van der Waals surface area contributed by atoms with Crippen LogP contribution in [0.5, 0.6) is 5.75 Å². The molecule has 0 aromatic heterocycles. The number of fused-ring (bicyclic) bond motifs is 2. The second kappa shape index (κ2) is 6.00. The number of alkyl halides is 3. The van der Waals surface area contributed by atoms with E-state index < -0.39 is 29.2 Å². The first-order valence-electron chi connectivity index (χ1n) is 8.34. The lowest BCUT2D eigenvalue weighted by atomic mass is 9.84. The van der Waals surface area contributed by atoms with Gasteiger partial charge in [-0.3, -0.25) is 9.69 Å². The summed E-state index contributed by atoms with van der Waals surface area (Å²) in [6.07, 6.45) is -4.15. The van der Waals surface area contributed by atoms with Gasteiger partial charge in [-0.05, 0) is 23.8 Å². The van der Waals surface area contributed by atoms with E-state index >= 15 is 0 Å². The quantitative estimate of drug-likeness (QED) is 0.817. The molecular weight excluding hydrogens is 361 g/mol. The van der Waals surface area contributed by atoms with Crippen LogP contribution in [-0.4, -0.2) is 23.4 Å². The molecule has 2 aromatic carbocycles. The molecule has 1 fully saturated rings. The van der Waals surface area contributed by atoms with Gasteiger partial charge in [0.1, 0.15) is 5.75 Å². The second-order valence-electron chi connectivity index (χ2n) is 6.52. The number of imide groups is 1. The lowest BCUT2D eigenvalue weighted by Gasteiger charge is -2.33. The number of rotatable bonds is 2. The fourth-order valence-electron chi connectivity index (χ4n) is 3.50. The smallest absolute Gasteiger partial charge is 0.416 e. The van der Waals surface area contributed by atoms with E-state index in [9.17, 15) is 22.8 Å². The van der Waals surface area contributed by atoms with Gasteiger partial charge in [0.25, 0.3) is 5.91 Å². The van der Waals surface area contributed by atoms with Crippen LogP contribution < -0.4 is 10.1 Å². The third-order valence-electron chi connectivity index (χ3n) is 4.88. The molecule has 0 aliphatic carbocycles. The van der Waals surface area contributed by atoms with Crippen LogP contribution >= 0.6 is 0 Å². The third-order valence-corrected chi connectivity index (χ3v) is 4.88. The molecule has 4 rings (SSSR count). The van der Waals surface area contributed by atoms with Gasteiger partial charge in [0, 0.05) is 12.0 Å². The number of benzene rings is 2. The summed E-state index contributed by atoms with van der Waals surface area (Å²) in [5.41, 5.74) is -0.954. The standard InChI is InChI=1S/C19H15F3N2O3/c20-19(21,22)13-7-5-12(6-8-13)11-24-16(25)18(23-17(24)26)9-10-27-15-4-2-1-3-14(15)18/h1-8H,9-11H2,(H,23,26)/t18-/m0/s1. The number of hydrogen-bond acceptors (Lipinski definition) is 3. The van der Waals surface area contributed by atoms with Crippen LogP contribution in [0.15, 0.2) is 48.5 Å². The summed E-state index contributed by atoms with van der Waals surface area (Å²) >= 11 is 0. The molecule has 140 valence electrons. The van der Waals surface area contributed by atoms with Gasteiger partial charge in [0.15, 0.2) is 5.54 Å². The molecule has 1 atom stereocenters. The van der Waals surface area contributed by atoms with E-state index in [-0.39, 0.29) is 19.6 Å². The maximum Gasteiger partial charge on any atom is 0.416 e. The molecule has 3 amide bonds. The molecule has 1 N–H and O–H groups in total. The van der Waals surface area contributed by atoms with Gasteiger partial charge in [-0.1, -0.05) is 30.3 Å². The molecule has 2 aliphatic heterocycles. The van der Waals surface area contributed by atoms with E-state index in [2.05, 4.69) is 5.32 Å². The summed E-state index contributed by atoms with van der Waals surface area (Å²) in [5.74, 6) is 0.108. The van der Waals surface area contributed by atoms with Crippen molar-refractivity contribution in [2.75, 3.05) is 6.61 Å². The number of hydrogen-bond donors (Lipinski definition) is 1. The first-order chi connectivity index (χ1) is 12.8. The Morgan fingerprint density at radius 3 is 2.48 bits per heavy atom. The third kappa shape index (κ3) is 2.81. The Labute approximate surface area is 152 Å². The molecule has 1 saturated heterocycles. The number of ether oxygens (including phenoxy) is 1. The Morgan fingerprint density at radius 2 is 1.78 bits per heavy atom. The topological polar surface area (TPSA) is 58.6 Å². The van der Waals surface area contributed by atoms with Gasteiger partial charge in [-0.2, -0.15) is 13.2 Å². The molecule has 1 spiro atoms. The van der Waals surface area contributed by atoms with Gasteiger partial charge in [-0.15, -0.1) is 0 Å². The number of amides is 3. The average molecular weight is 376 g/mol. The van der Waals surface area contributed by atoms with Gasteiger partial charge in [-0.25, -0.2) is 4.79 Å². The first kappa shape index (κ1) is 17.4. The normalized spacial score (nSPS) is 21.8. The van der Waals surface area contributed by atoms with Crippen molar-refractivity contribution < 1.29 is 27.5 Å². The zero-order valence-corrected chi connectivity index (χ0v) is 14.0. The molecule has 8 heteroatoms. The number of nitrogens with zero attached hydrogens (tertiary/aromatic N) is 1. The number of urea groups is 1. The van der Waals surface area contributed by atoms with E-state index in [1.54, 1.807) is 24.3 Å². The van der Waals surface area contributed by atoms with Crippen molar-refractivity contribution >= 4 is 11.9 Å². The maximum atomic E-state index is 13.1. The minimum absolute atomic E-state index is 0.104. The summed E-state index contributed by atoms with van der Waals surface area (Å²) in [6, 6.07) is 10.8. The molecule has 0 unspecified atom stereocenters. The van der Waals surface area contributed by atoms with Crippen LogP contribution in [0.1, 0.15) is 23.1 Å². The van der Waals surface area contributed by atoms with Crippen LogP contribution in [0.25, 0.3) is 0 Å². The predicted octanol–water partition coefficient (Wildman–Crippen LogP) is 3.44. The van der Waals surface area contributed by atoms with E-state index in [1.165, 1.54) is 12.1 Å². The number of halogens is 3. The van der Waals surface area contributed by atoms with Crippen LogP contribution in [0.4, 0.5) is 18.0 Å². The van der Waals surface area contributed by atoms with E-state index in [4.69, 9.17) is 4.74 Å². The molecule has 0 radical (unpaired) electrons. The van der Waals surface area contributed by atoms with E-state index in [0.717, 1.165) is 17.0 Å². The van der Waals surface area contributed by atoms with Crippen LogP contribution in [-0.2, 0) is 23.1 Å². The van der Waals surface area contributed by atoms with Crippen molar-refractivity contribution in [2.45, 2.75) is 24.7 Å². The monoisotopic (exact) mass is 376 g/mol. The Kier molecular flexibility index (Phi) is 3.87. The summed E-state index contributed by atoms with van der Waals surface area (Å²) < 4.78 is 43.6. The van der Waals surface area contributed by atoms with Gasteiger partial charge in [0.05, 0.1) is 18.7 Å². The average Bonchev–Trinajstić information content (AvgIpc) is 2.87. The van der Waals surface area contributed by atoms with Crippen LogP contribution in [0.2, 0.25) is 0 Å². The Bertz CT molecular complexity index is 911. The number of nitrogens with one attached hydrogen (secondary N) is 1. The zero-order valence-electron chi connectivity index (χ0n) is 14.0. The molecule has 2 aliphatic rings. The fourth-order valence-corrected chi connectivity index (χ4v) is 3.50. The van der Waals surface area contributed by atoms with Gasteiger partial charge in [0.2, 0.25) is 0 Å². The molecule has 27 heavy (non-hydrogen) atoms. The maximum absolute atomic E-state index is 13.1. The first-order valence-corrected chi connectivity index (χ1v) is 8.34. The minimum atomic E-state index is -4.44. The van der Waals surface area contributed by atoms with Crippen molar-refractivity contribution in [3.63, 3.8) is 0 Å². The summed E-state index contributed by atoms with van der Waals surface area (Å²) in [5, 5.41) is 2.76. The SMILES string of the molecule is O=C1N[C@]2(CCOc3ccccc32)C(=O)N1Cc1ccc(C(F)(F)F)cc1. The second-order valence-corrected chi connectivity index (χ2v) is 6.52. The van der Waals surface area contributed by atoms with Crippen molar-refractivity contribution in [2.24, 2.45) is 0 Å². The number of para-hydroxylation sites is 1. The Morgan fingerprint density at radius 1 is 1.07 bits per heavy atom. The van der Waals surface area contributed by atoms with Crippen molar-refractivity contribution in [1.29, 1.82) is 0 Å². The summed E-state index contributed by atoms with van der Waals surface area (Å²) in [4.78, 5) is 26.6. The largest absolute Gasteiger partial charge is 0.493 e. The predicted molar refractivity (Wildman–Crippen MR) is 88.8 cm³/mol. The summed E-state index contributed by atoms with van der Waals surface area (Å²) in [7, 11) is 0. The molecule has 2 aromatic rings. The van der Waals surface area contributed by atoms with Crippen molar-refractivity contribution in [3.05, 3.63) is 65.2 Å². The minimum Gasteiger partial charge on any atom is -0.493 e. The lowest BCUT2D eigenvalue weighted by Crippen LogP contribution is -2.47. The van der Waals surface area contributed by atoms with Crippen LogP contribution in [0.3, 0.4) is 0 Å². The van der Waals surface area contributed by atoms with Crippen LogP contribution in [0, 0.1) is 0 Å².